The number of hydrogen-bond acceptors (Lipinski definition) is 4. The van der Waals surface area contributed by atoms with Crippen molar-refractivity contribution < 1.29 is 13.9 Å². The first kappa shape index (κ1) is 13.1. The minimum atomic E-state index is -0.507. The molecule has 0 aromatic heterocycles. The normalized spacial score (nSPS) is 16.7. The van der Waals surface area contributed by atoms with Gasteiger partial charge in [-0.05, 0) is 17.7 Å². The molecular weight excluding hydrogens is 235 g/mol. The zero-order chi connectivity index (χ0) is 12.8. The van der Waals surface area contributed by atoms with Crippen molar-refractivity contribution >= 4 is 5.69 Å². The van der Waals surface area contributed by atoms with Crippen molar-refractivity contribution in [1.29, 1.82) is 0 Å². The van der Waals surface area contributed by atoms with E-state index >= 15 is 0 Å². The molecule has 1 aromatic rings. The Bertz CT molecular complexity index is 381. The third-order valence-electron chi connectivity index (χ3n) is 2.92. The van der Waals surface area contributed by atoms with Crippen LogP contribution < -0.4 is 10.5 Å². The van der Waals surface area contributed by atoms with Crippen LogP contribution in [0, 0.1) is 0 Å². The standard InChI is InChI=1S/C13H19FN2O2/c14-3-6-18-13-9-11(1-2-12(13)15)10-16-4-7-17-8-5-16/h1-2,9H,3-8,10,15H2. The van der Waals surface area contributed by atoms with Crippen LogP contribution in [0.15, 0.2) is 18.2 Å². The molecule has 0 saturated carbocycles. The van der Waals surface area contributed by atoms with Crippen molar-refractivity contribution in [3.05, 3.63) is 23.8 Å². The number of nitrogens with zero attached hydrogens (tertiary/aromatic N) is 1. The van der Waals surface area contributed by atoms with E-state index in [-0.39, 0.29) is 6.61 Å². The molecule has 0 aliphatic carbocycles. The average Bonchev–Trinajstić information content (AvgIpc) is 2.40. The number of benzene rings is 1. The molecule has 1 heterocycles. The third-order valence-corrected chi connectivity index (χ3v) is 2.92. The van der Waals surface area contributed by atoms with E-state index in [0.717, 1.165) is 38.4 Å². The van der Waals surface area contributed by atoms with Gasteiger partial charge in [-0.3, -0.25) is 4.90 Å². The Kier molecular flexibility index (Phi) is 4.78. The molecule has 0 amide bonds. The molecule has 4 nitrogen and oxygen atoms in total. The van der Waals surface area contributed by atoms with Gasteiger partial charge >= 0.3 is 0 Å². The first-order valence-corrected chi connectivity index (χ1v) is 6.17. The monoisotopic (exact) mass is 254 g/mol. The van der Waals surface area contributed by atoms with Gasteiger partial charge in [0, 0.05) is 19.6 Å². The molecule has 2 N–H and O–H groups in total. The van der Waals surface area contributed by atoms with Crippen molar-refractivity contribution in [2.75, 3.05) is 45.3 Å². The summed E-state index contributed by atoms with van der Waals surface area (Å²) in [4.78, 5) is 2.31. The van der Waals surface area contributed by atoms with Crippen LogP contribution in [0.2, 0.25) is 0 Å². The Morgan fingerprint density at radius 3 is 2.83 bits per heavy atom. The number of anilines is 1. The predicted octanol–water partition coefficient (Wildman–Crippen LogP) is 1.45. The second-order valence-electron chi connectivity index (χ2n) is 4.30. The maximum atomic E-state index is 12.1. The van der Waals surface area contributed by atoms with Crippen LogP contribution in [0.25, 0.3) is 0 Å². The third kappa shape index (κ3) is 3.58. The molecular formula is C13H19FN2O2. The number of alkyl halides is 1. The highest BCUT2D eigenvalue weighted by Crippen LogP contribution is 2.23. The lowest BCUT2D eigenvalue weighted by molar-refractivity contribution is 0.0341. The molecule has 0 bridgehead atoms. The van der Waals surface area contributed by atoms with Crippen LogP contribution in [0.4, 0.5) is 10.1 Å². The number of halogens is 1. The van der Waals surface area contributed by atoms with Crippen molar-refractivity contribution in [2.24, 2.45) is 0 Å². The van der Waals surface area contributed by atoms with Crippen molar-refractivity contribution in [1.82, 2.24) is 4.90 Å². The summed E-state index contributed by atoms with van der Waals surface area (Å²) in [5.74, 6) is 0.568. The lowest BCUT2D eigenvalue weighted by Gasteiger charge is -2.26. The summed E-state index contributed by atoms with van der Waals surface area (Å²) in [7, 11) is 0. The van der Waals surface area contributed by atoms with E-state index in [4.69, 9.17) is 15.2 Å². The van der Waals surface area contributed by atoms with Crippen molar-refractivity contribution in [2.45, 2.75) is 6.54 Å². The molecule has 1 fully saturated rings. The SMILES string of the molecule is Nc1ccc(CN2CCOCC2)cc1OCCF. The maximum Gasteiger partial charge on any atom is 0.142 e. The minimum Gasteiger partial charge on any atom is -0.489 e. The predicted molar refractivity (Wildman–Crippen MR) is 68.4 cm³/mol. The van der Waals surface area contributed by atoms with Crippen LogP contribution in [-0.2, 0) is 11.3 Å². The summed E-state index contributed by atoms with van der Waals surface area (Å²) in [5.41, 5.74) is 7.46. The van der Waals surface area contributed by atoms with E-state index in [9.17, 15) is 4.39 Å². The Labute approximate surface area is 106 Å². The smallest absolute Gasteiger partial charge is 0.142 e. The second-order valence-corrected chi connectivity index (χ2v) is 4.30. The summed E-state index contributed by atoms with van der Waals surface area (Å²) in [6.07, 6.45) is 0. The van der Waals surface area contributed by atoms with E-state index in [2.05, 4.69) is 4.90 Å². The maximum absolute atomic E-state index is 12.1. The number of rotatable bonds is 5. The molecule has 100 valence electrons. The zero-order valence-electron chi connectivity index (χ0n) is 10.4. The fourth-order valence-electron chi connectivity index (χ4n) is 1.97. The van der Waals surface area contributed by atoms with Gasteiger partial charge in [-0.2, -0.15) is 0 Å². The van der Waals surface area contributed by atoms with Crippen molar-refractivity contribution in [3.63, 3.8) is 0 Å². The Hall–Kier alpha value is -1.33. The molecule has 0 radical (unpaired) electrons. The first-order valence-electron chi connectivity index (χ1n) is 6.17. The van der Waals surface area contributed by atoms with Gasteiger partial charge in [0.25, 0.3) is 0 Å². The number of nitrogens with two attached hydrogens (primary N) is 1. The molecule has 1 saturated heterocycles. The number of nitrogen functional groups attached to an aromatic ring is 1. The van der Waals surface area contributed by atoms with E-state index in [1.807, 2.05) is 18.2 Å². The molecule has 18 heavy (non-hydrogen) atoms. The molecule has 0 atom stereocenters. The van der Waals surface area contributed by atoms with Gasteiger partial charge in [0.15, 0.2) is 0 Å². The Morgan fingerprint density at radius 1 is 1.33 bits per heavy atom. The second kappa shape index (κ2) is 6.56. The fraction of sp³-hybridized carbons (Fsp3) is 0.538. The van der Waals surface area contributed by atoms with Crippen LogP contribution >= 0.6 is 0 Å². The molecule has 1 aliphatic rings. The summed E-state index contributed by atoms with van der Waals surface area (Å²) < 4.78 is 22.7. The van der Waals surface area contributed by atoms with Gasteiger partial charge in [-0.1, -0.05) is 6.07 Å². The summed E-state index contributed by atoms with van der Waals surface area (Å²) >= 11 is 0. The van der Waals surface area contributed by atoms with Crippen molar-refractivity contribution in [3.8, 4) is 5.75 Å². The van der Waals surface area contributed by atoms with Gasteiger partial charge in [-0.15, -0.1) is 0 Å². The highest BCUT2D eigenvalue weighted by Gasteiger charge is 2.11. The van der Waals surface area contributed by atoms with Crippen LogP contribution in [-0.4, -0.2) is 44.5 Å². The summed E-state index contributed by atoms with van der Waals surface area (Å²) in [6.45, 7) is 3.81. The van der Waals surface area contributed by atoms with Crippen LogP contribution in [0.5, 0.6) is 5.75 Å². The molecule has 2 rings (SSSR count). The largest absolute Gasteiger partial charge is 0.489 e. The quantitative estimate of drug-likeness (QED) is 0.808. The Morgan fingerprint density at radius 2 is 2.11 bits per heavy atom. The summed E-state index contributed by atoms with van der Waals surface area (Å²) in [5, 5.41) is 0. The van der Waals surface area contributed by atoms with Gasteiger partial charge in [-0.25, -0.2) is 4.39 Å². The topological polar surface area (TPSA) is 47.7 Å². The molecule has 1 aliphatic heterocycles. The lowest BCUT2D eigenvalue weighted by Crippen LogP contribution is -2.35. The van der Waals surface area contributed by atoms with Crippen LogP contribution in [0.1, 0.15) is 5.56 Å². The highest BCUT2D eigenvalue weighted by molar-refractivity contribution is 5.53. The van der Waals surface area contributed by atoms with E-state index in [1.54, 1.807) is 0 Å². The Balaban J connectivity index is 1.99. The van der Waals surface area contributed by atoms with E-state index in [0.29, 0.717) is 11.4 Å². The van der Waals surface area contributed by atoms with Gasteiger partial charge in [0.2, 0.25) is 0 Å². The lowest BCUT2D eigenvalue weighted by atomic mass is 10.1. The van der Waals surface area contributed by atoms with E-state index < -0.39 is 6.67 Å². The minimum absolute atomic E-state index is 0.0468. The van der Waals surface area contributed by atoms with E-state index in [1.165, 1.54) is 0 Å². The molecule has 0 unspecified atom stereocenters. The van der Waals surface area contributed by atoms with Gasteiger partial charge < -0.3 is 15.2 Å². The van der Waals surface area contributed by atoms with Gasteiger partial charge in [0.1, 0.15) is 19.0 Å². The summed E-state index contributed by atoms with van der Waals surface area (Å²) in [6, 6.07) is 5.68. The fourth-order valence-corrected chi connectivity index (χ4v) is 1.97. The average molecular weight is 254 g/mol. The van der Waals surface area contributed by atoms with Crippen LogP contribution in [0.3, 0.4) is 0 Å². The molecule has 5 heteroatoms. The number of hydrogen-bond donors (Lipinski definition) is 1. The highest BCUT2D eigenvalue weighted by atomic mass is 19.1. The number of ether oxygens (including phenoxy) is 2. The molecule has 0 spiro atoms. The molecule has 1 aromatic carbocycles. The van der Waals surface area contributed by atoms with Gasteiger partial charge in [0.05, 0.1) is 18.9 Å². The zero-order valence-corrected chi connectivity index (χ0v) is 10.4. The number of morpholine rings is 1. The first-order chi connectivity index (χ1) is 8.79.